The molecule has 1 saturated heterocycles. The molecule has 10 nitrogen and oxygen atoms in total. The first-order valence-electron chi connectivity index (χ1n) is 9.42. The van der Waals surface area contributed by atoms with E-state index >= 15 is 0 Å². The number of rotatable bonds is 6. The minimum absolute atomic E-state index is 0.237. The first-order chi connectivity index (χ1) is 12.8. The molecular weight excluding hydrogens is 368 g/mol. The van der Waals surface area contributed by atoms with Crippen LogP contribution in [0.15, 0.2) is 0 Å². The molecule has 1 fully saturated rings. The van der Waals surface area contributed by atoms with Crippen LogP contribution in [0.1, 0.15) is 54.4 Å². The Hall–Kier alpha value is -2.36. The lowest BCUT2D eigenvalue weighted by atomic mass is 10.0. The van der Waals surface area contributed by atoms with E-state index in [9.17, 15) is 19.2 Å². The molecule has 0 radical (unpaired) electrons. The van der Waals surface area contributed by atoms with E-state index in [-0.39, 0.29) is 5.92 Å². The number of hydrogen-bond acceptors (Lipinski definition) is 6. The fraction of sp³-hybridized carbons (Fsp3) is 0.778. The standard InChI is InChI=1S/C18H32N4O6/c1-10(2)13(20-17(27)28-18(4,5)6)14(23)19-11(3)15(24)22-9-7-8-12(21-22)16(25)26/h10-13,21H,7-9H2,1-6H3,(H,19,23)(H,20,27)(H,25,26)/t11?,12-,13-/m0/s1. The van der Waals surface area contributed by atoms with E-state index in [1.54, 1.807) is 34.6 Å². The van der Waals surface area contributed by atoms with Crippen molar-refractivity contribution in [2.45, 2.75) is 78.1 Å². The van der Waals surface area contributed by atoms with Crippen LogP contribution < -0.4 is 16.1 Å². The zero-order chi connectivity index (χ0) is 21.6. The quantitative estimate of drug-likeness (QED) is 0.513. The van der Waals surface area contributed by atoms with Gasteiger partial charge in [0.05, 0.1) is 0 Å². The normalized spacial score (nSPS) is 19.5. The van der Waals surface area contributed by atoms with Gasteiger partial charge in [-0.15, -0.1) is 0 Å². The maximum absolute atomic E-state index is 12.6. The number of nitrogens with zero attached hydrogens (tertiary/aromatic N) is 1. The summed E-state index contributed by atoms with van der Waals surface area (Å²) in [5.74, 6) is -2.23. The molecule has 0 saturated carbocycles. The van der Waals surface area contributed by atoms with Gasteiger partial charge in [-0.1, -0.05) is 13.8 Å². The van der Waals surface area contributed by atoms with E-state index in [1.807, 2.05) is 0 Å². The van der Waals surface area contributed by atoms with E-state index in [1.165, 1.54) is 11.9 Å². The molecular formula is C18H32N4O6. The minimum atomic E-state index is -1.03. The molecule has 1 aliphatic heterocycles. The van der Waals surface area contributed by atoms with Gasteiger partial charge >= 0.3 is 12.1 Å². The van der Waals surface area contributed by atoms with Crippen molar-refractivity contribution in [3.05, 3.63) is 0 Å². The van der Waals surface area contributed by atoms with Gasteiger partial charge in [-0.2, -0.15) is 0 Å². The van der Waals surface area contributed by atoms with Gasteiger partial charge < -0.3 is 20.5 Å². The lowest BCUT2D eigenvalue weighted by molar-refractivity contribution is -0.148. The van der Waals surface area contributed by atoms with Gasteiger partial charge in [-0.3, -0.25) is 19.4 Å². The topological polar surface area (TPSA) is 137 Å². The van der Waals surface area contributed by atoms with Crippen molar-refractivity contribution >= 4 is 23.9 Å². The predicted molar refractivity (Wildman–Crippen MR) is 101 cm³/mol. The average Bonchev–Trinajstić information content (AvgIpc) is 2.57. The lowest BCUT2D eigenvalue weighted by Gasteiger charge is -2.34. The highest BCUT2D eigenvalue weighted by molar-refractivity contribution is 5.91. The molecule has 4 N–H and O–H groups in total. The zero-order valence-electron chi connectivity index (χ0n) is 17.4. The highest BCUT2D eigenvalue weighted by Crippen LogP contribution is 2.11. The van der Waals surface area contributed by atoms with Crippen molar-refractivity contribution in [3.8, 4) is 0 Å². The van der Waals surface area contributed by atoms with Crippen LogP contribution in [0.4, 0.5) is 4.79 Å². The summed E-state index contributed by atoms with van der Waals surface area (Å²) in [4.78, 5) is 48.2. The first-order valence-corrected chi connectivity index (χ1v) is 9.42. The Kier molecular flexibility index (Phi) is 8.22. The highest BCUT2D eigenvalue weighted by Gasteiger charge is 2.33. The number of hydrazine groups is 1. The van der Waals surface area contributed by atoms with E-state index in [4.69, 9.17) is 9.84 Å². The van der Waals surface area contributed by atoms with Crippen molar-refractivity contribution in [1.29, 1.82) is 0 Å². The van der Waals surface area contributed by atoms with E-state index < -0.39 is 47.6 Å². The number of amides is 3. The molecule has 3 atom stereocenters. The molecule has 28 heavy (non-hydrogen) atoms. The van der Waals surface area contributed by atoms with Crippen molar-refractivity contribution in [3.63, 3.8) is 0 Å². The van der Waals surface area contributed by atoms with Crippen LogP contribution in [-0.2, 0) is 19.1 Å². The molecule has 0 aromatic heterocycles. The Balaban J connectivity index is 2.69. The van der Waals surface area contributed by atoms with Crippen LogP contribution in [0.3, 0.4) is 0 Å². The Morgan fingerprint density at radius 1 is 1.14 bits per heavy atom. The molecule has 0 aromatic rings. The molecule has 1 rings (SSSR count). The summed E-state index contributed by atoms with van der Waals surface area (Å²) >= 11 is 0. The van der Waals surface area contributed by atoms with Gasteiger partial charge in [0.25, 0.3) is 5.91 Å². The maximum Gasteiger partial charge on any atom is 0.408 e. The second kappa shape index (κ2) is 9.72. The Morgan fingerprint density at radius 3 is 2.25 bits per heavy atom. The largest absolute Gasteiger partial charge is 0.480 e. The van der Waals surface area contributed by atoms with Crippen LogP contribution in [-0.4, -0.2) is 64.3 Å². The molecule has 0 spiro atoms. The number of carbonyl (C=O) groups excluding carboxylic acids is 3. The lowest BCUT2D eigenvalue weighted by Crippen LogP contribution is -2.60. The molecule has 3 amide bonds. The second-order valence-corrected chi connectivity index (χ2v) is 8.25. The third kappa shape index (κ3) is 7.34. The molecule has 0 aliphatic carbocycles. The number of carboxylic acid groups (broad SMARTS) is 1. The summed E-state index contributed by atoms with van der Waals surface area (Å²) in [5, 5.41) is 15.4. The summed E-state index contributed by atoms with van der Waals surface area (Å²) < 4.78 is 5.18. The fourth-order valence-corrected chi connectivity index (χ4v) is 2.69. The van der Waals surface area contributed by atoms with Crippen LogP contribution in [0.25, 0.3) is 0 Å². The minimum Gasteiger partial charge on any atom is -0.480 e. The Labute approximate surface area is 165 Å². The number of nitrogens with one attached hydrogen (secondary N) is 3. The summed E-state index contributed by atoms with van der Waals surface area (Å²) in [6.45, 7) is 10.5. The Morgan fingerprint density at radius 2 is 1.75 bits per heavy atom. The van der Waals surface area contributed by atoms with Gasteiger partial charge in [0.2, 0.25) is 5.91 Å². The zero-order valence-corrected chi connectivity index (χ0v) is 17.4. The number of carbonyl (C=O) groups is 4. The molecule has 0 aromatic carbocycles. The van der Waals surface area contributed by atoms with Crippen molar-refractivity contribution in [2.75, 3.05) is 6.54 Å². The predicted octanol–water partition coefficient (Wildman–Crippen LogP) is 0.621. The number of aliphatic carboxylic acids is 1. The number of carboxylic acids is 1. The summed E-state index contributed by atoms with van der Waals surface area (Å²) in [6, 6.07) is -2.61. The SMILES string of the molecule is CC(NC(=O)[C@@H](NC(=O)OC(C)(C)C)C(C)C)C(=O)N1CCC[C@@H](C(=O)O)N1. The van der Waals surface area contributed by atoms with Crippen molar-refractivity contribution in [1.82, 2.24) is 21.1 Å². The smallest absolute Gasteiger partial charge is 0.408 e. The maximum atomic E-state index is 12.6. The fourth-order valence-electron chi connectivity index (χ4n) is 2.69. The summed E-state index contributed by atoms with van der Waals surface area (Å²) in [7, 11) is 0. The summed E-state index contributed by atoms with van der Waals surface area (Å²) in [6.07, 6.45) is 0.252. The Bertz CT molecular complexity index is 601. The summed E-state index contributed by atoms with van der Waals surface area (Å²) in [5.41, 5.74) is 1.96. The van der Waals surface area contributed by atoms with Crippen LogP contribution >= 0.6 is 0 Å². The third-order valence-corrected chi connectivity index (χ3v) is 4.10. The highest BCUT2D eigenvalue weighted by atomic mass is 16.6. The monoisotopic (exact) mass is 400 g/mol. The van der Waals surface area contributed by atoms with Crippen molar-refractivity contribution in [2.24, 2.45) is 5.92 Å². The number of alkyl carbamates (subject to hydrolysis) is 1. The van der Waals surface area contributed by atoms with Gasteiger partial charge in [0, 0.05) is 6.54 Å². The number of ether oxygens (including phenoxy) is 1. The van der Waals surface area contributed by atoms with Gasteiger partial charge in [0.1, 0.15) is 23.7 Å². The molecule has 1 aliphatic rings. The molecule has 10 heteroatoms. The third-order valence-electron chi connectivity index (χ3n) is 4.10. The molecule has 160 valence electrons. The number of hydrogen-bond donors (Lipinski definition) is 4. The van der Waals surface area contributed by atoms with E-state index in [0.717, 1.165) is 0 Å². The van der Waals surface area contributed by atoms with Gasteiger partial charge in [-0.25, -0.2) is 10.2 Å². The first kappa shape index (κ1) is 23.7. The molecule has 1 heterocycles. The molecule has 0 bridgehead atoms. The van der Waals surface area contributed by atoms with Crippen molar-refractivity contribution < 1.29 is 29.0 Å². The second-order valence-electron chi connectivity index (χ2n) is 8.25. The van der Waals surface area contributed by atoms with Crippen LogP contribution in [0.5, 0.6) is 0 Å². The van der Waals surface area contributed by atoms with E-state index in [2.05, 4.69) is 16.1 Å². The average molecular weight is 400 g/mol. The van der Waals surface area contributed by atoms with E-state index in [0.29, 0.717) is 19.4 Å². The van der Waals surface area contributed by atoms with Crippen LogP contribution in [0, 0.1) is 5.92 Å². The van der Waals surface area contributed by atoms with Crippen LogP contribution in [0.2, 0.25) is 0 Å². The molecule has 1 unspecified atom stereocenters. The van der Waals surface area contributed by atoms with Gasteiger partial charge in [-0.05, 0) is 46.5 Å². The van der Waals surface area contributed by atoms with Gasteiger partial charge in [0.15, 0.2) is 0 Å².